The second kappa shape index (κ2) is 15.7. The Bertz CT molecular complexity index is 2520. The van der Waals surface area contributed by atoms with Gasteiger partial charge in [-0.25, -0.2) is 33.6 Å². The van der Waals surface area contributed by atoms with Crippen LogP contribution in [0, 0.1) is 18.6 Å². The lowest BCUT2D eigenvalue weighted by atomic mass is 10.3. The average molecular weight is 727 g/mol. The van der Waals surface area contributed by atoms with Gasteiger partial charge in [-0.15, -0.1) is 0 Å². The van der Waals surface area contributed by atoms with Crippen molar-refractivity contribution in [3.63, 3.8) is 0 Å². The van der Waals surface area contributed by atoms with Crippen molar-refractivity contribution >= 4 is 45.9 Å². The maximum atomic E-state index is 13.8. The van der Waals surface area contributed by atoms with Gasteiger partial charge in [0, 0.05) is 43.5 Å². The quantitative estimate of drug-likeness (QED) is 0.0740. The number of anilines is 2. The topological polar surface area (TPSA) is 157 Å². The Morgan fingerprint density at radius 1 is 0.692 bits per heavy atom. The fraction of sp³-hybridized carbons (Fsp3) is 0.114. The van der Waals surface area contributed by atoms with E-state index in [1.807, 2.05) is 19.1 Å². The number of rotatable bonds is 9. The maximum absolute atomic E-state index is 13.8. The number of nitrogens with zero attached hydrogens (tertiary/aromatic N) is 7. The van der Waals surface area contributed by atoms with Crippen LogP contribution in [-0.2, 0) is 23.3 Å². The highest BCUT2D eigenvalue weighted by Gasteiger charge is 2.15. The van der Waals surface area contributed by atoms with E-state index in [0.29, 0.717) is 33.8 Å². The van der Waals surface area contributed by atoms with E-state index in [4.69, 9.17) is 13.8 Å². The summed E-state index contributed by atoms with van der Waals surface area (Å²) in [6.45, 7) is 1.94. The molecular weight excluding hydrogens is 698 g/mol. The summed E-state index contributed by atoms with van der Waals surface area (Å²) in [6.07, 6.45) is 4.80. The molecule has 52 heavy (non-hydrogen) atoms. The molecule has 0 fully saturated rings. The van der Waals surface area contributed by atoms with Crippen LogP contribution in [0.15, 0.2) is 106 Å². The predicted octanol–water partition coefficient (Wildman–Crippen LogP) is 6.55. The number of para-hydroxylation sites is 2. The summed E-state index contributed by atoms with van der Waals surface area (Å²) in [5.41, 5.74) is 0.949. The number of halogens is 2. The molecule has 0 aliphatic heterocycles. The molecule has 264 valence electrons. The number of hydrogen-bond acceptors (Lipinski definition) is 13. The summed E-state index contributed by atoms with van der Waals surface area (Å²) in [6, 6.07) is 18.4. The lowest BCUT2D eigenvalue weighted by Gasteiger charge is -2.11. The molecule has 0 atom stereocenters. The average Bonchev–Trinajstić information content (AvgIpc) is 3.15. The van der Waals surface area contributed by atoms with Crippen LogP contribution in [-0.4, -0.2) is 41.2 Å². The van der Waals surface area contributed by atoms with Gasteiger partial charge in [0.05, 0.1) is 7.11 Å². The molecule has 0 spiro atoms. The molecule has 5 aromatic heterocycles. The Morgan fingerprint density at radius 2 is 1.25 bits per heavy atom. The predicted molar refractivity (Wildman–Crippen MR) is 189 cm³/mol. The van der Waals surface area contributed by atoms with Gasteiger partial charge in [-0.05, 0) is 55.0 Å². The monoisotopic (exact) mass is 726 g/mol. The lowest BCUT2D eigenvalue weighted by molar-refractivity contribution is -0.160. The maximum Gasteiger partial charge on any atom is 0.294 e. The van der Waals surface area contributed by atoms with Crippen molar-refractivity contribution < 1.29 is 27.5 Å². The summed E-state index contributed by atoms with van der Waals surface area (Å²) in [5.74, 6) is -0.294. The van der Waals surface area contributed by atoms with E-state index in [0.717, 1.165) is 17.6 Å². The lowest BCUT2D eigenvalue weighted by Crippen LogP contribution is -2.19. The van der Waals surface area contributed by atoms with Crippen molar-refractivity contribution in [1.82, 2.24) is 34.1 Å². The highest BCUT2D eigenvalue weighted by atomic mass is 32.2. The van der Waals surface area contributed by atoms with Crippen molar-refractivity contribution in [3.05, 3.63) is 129 Å². The van der Waals surface area contributed by atoms with Gasteiger partial charge in [0.15, 0.2) is 34.6 Å². The molecule has 0 aliphatic carbocycles. The smallest absolute Gasteiger partial charge is 0.294 e. The highest BCUT2D eigenvalue weighted by Crippen LogP contribution is 2.26. The Hall–Kier alpha value is -6.30. The van der Waals surface area contributed by atoms with E-state index < -0.39 is 22.8 Å². The largest absolute Gasteiger partial charge is 0.448 e. The number of fused-ring (bicyclic) bond motifs is 2. The van der Waals surface area contributed by atoms with Gasteiger partial charge < -0.3 is 14.8 Å². The van der Waals surface area contributed by atoms with Crippen molar-refractivity contribution in [1.29, 1.82) is 0 Å². The second-order valence-corrected chi connectivity index (χ2v) is 11.5. The zero-order chi connectivity index (χ0) is 36.8. The molecular formula is C35H28F2N8O6S. The first-order valence-electron chi connectivity index (χ1n) is 15.3. The number of pyridine rings is 3. The first-order chi connectivity index (χ1) is 25.1. The van der Waals surface area contributed by atoms with Crippen LogP contribution in [0.1, 0.15) is 5.56 Å². The fourth-order valence-corrected chi connectivity index (χ4v) is 5.03. The summed E-state index contributed by atoms with van der Waals surface area (Å²) < 4.78 is 45.7. The molecule has 0 saturated carbocycles. The second-order valence-electron chi connectivity index (χ2n) is 10.9. The van der Waals surface area contributed by atoms with Crippen LogP contribution in [0.3, 0.4) is 0 Å². The number of benzene rings is 2. The molecule has 0 radical (unpaired) electrons. The van der Waals surface area contributed by atoms with Gasteiger partial charge in [-0.2, -0.15) is 9.32 Å². The van der Waals surface area contributed by atoms with Crippen molar-refractivity contribution in [2.75, 3.05) is 12.4 Å². The van der Waals surface area contributed by atoms with Gasteiger partial charge >= 0.3 is 0 Å². The van der Waals surface area contributed by atoms with E-state index in [2.05, 4.69) is 35.1 Å². The normalized spacial score (nSPS) is 10.9. The van der Waals surface area contributed by atoms with Crippen LogP contribution < -0.4 is 25.9 Å². The Balaban J connectivity index is 0.000000181. The molecule has 0 bridgehead atoms. The molecule has 0 aliphatic rings. The van der Waals surface area contributed by atoms with E-state index in [-0.39, 0.29) is 28.2 Å². The summed E-state index contributed by atoms with van der Waals surface area (Å²) >= 11 is 0.818. The van der Waals surface area contributed by atoms with Crippen molar-refractivity contribution in [3.8, 4) is 23.0 Å². The number of aromatic nitrogens is 7. The minimum atomic E-state index is -0.556. The van der Waals surface area contributed by atoms with Crippen molar-refractivity contribution in [2.24, 2.45) is 14.1 Å². The van der Waals surface area contributed by atoms with Crippen molar-refractivity contribution in [2.45, 2.75) is 12.1 Å². The molecule has 0 amide bonds. The van der Waals surface area contributed by atoms with Crippen LogP contribution in [0.4, 0.5) is 20.5 Å². The number of ether oxygens (including phenoxy) is 2. The van der Waals surface area contributed by atoms with E-state index in [1.165, 1.54) is 72.0 Å². The molecule has 17 heteroatoms. The Kier molecular flexibility index (Phi) is 10.7. The van der Waals surface area contributed by atoms with Gasteiger partial charge in [0.1, 0.15) is 29.2 Å². The Labute approximate surface area is 297 Å². The third kappa shape index (κ3) is 8.02. The zero-order valence-electron chi connectivity index (χ0n) is 27.9. The van der Waals surface area contributed by atoms with E-state index in [9.17, 15) is 18.4 Å². The van der Waals surface area contributed by atoms with Crippen LogP contribution in [0.2, 0.25) is 0 Å². The van der Waals surface area contributed by atoms with Gasteiger partial charge in [0.2, 0.25) is 11.1 Å². The SMILES string of the molecule is COOSc1ncc2cc(Oc3ccccc3F)c(=O)n(C)c2n1.Cc1ccc(Nc2ncc3cc(Oc4ccccc4F)c(=O)n(C)c3n2)nc1. The third-order valence-corrected chi connectivity index (χ3v) is 7.80. The molecule has 7 rings (SSSR count). The molecule has 7 aromatic rings. The molecule has 14 nitrogen and oxygen atoms in total. The molecule has 2 aromatic carbocycles. The minimum absolute atomic E-state index is 0.00962. The minimum Gasteiger partial charge on any atom is -0.448 e. The summed E-state index contributed by atoms with van der Waals surface area (Å²) in [7, 11) is 4.47. The number of aryl methyl sites for hydroxylation is 3. The first-order valence-corrected chi connectivity index (χ1v) is 16.0. The fourth-order valence-electron chi connectivity index (χ4n) is 4.68. The molecule has 0 saturated heterocycles. The third-order valence-electron chi connectivity index (χ3n) is 7.25. The van der Waals surface area contributed by atoms with Crippen LogP contribution >= 0.6 is 12.0 Å². The standard InChI is InChI=1S/C20H16FN5O2.C15H12FN3O4S/c1-12-7-8-17(22-10-12)24-20-23-11-13-9-16(19(27)26(2)18(13)25-20)28-15-6-4-3-5-14(15)21;1-19-13-9(8-17-15(18-13)24-23-21-2)7-12(14(19)20)22-11-6-4-3-5-10(11)16/h3-11H,1-2H3,(H,22,23,24,25);3-8H,1-2H3. The highest BCUT2D eigenvalue weighted by molar-refractivity contribution is 7.94. The van der Waals surface area contributed by atoms with Crippen LogP contribution in [0.25, 0.3) is 22.1 Å². The number of nitrogens with one attached hydrogen (secondary N) is 1. The molecule has 1 N–H and O–H groups in total. The molecule has 5 heterocycles. The first kappa shape index (κ1) is 35.5. The van der Waals surface area contributed by atoms with E-state index in [1.54, 1.807) is 37.6 Å². The van der Waals surface area contributed by atoms with Gasteiger partial charge in [-0.3, -0.25) is 18.7 Å². The summed E-state index contributed by atoms with van der Waals surface area (Å²) in [4.78, 5) is 50.7. The van der Waals surface area contributed by atoms with Gasteiger partial charge in [0.25, 0.3) is 11.1 Å². The molecule has 0 unspecified atom stereocenters. The summed E-state index contributed by atoms with van der Waals surface area (Å²) in [5, 5.41) is 4.42. The van der Waals surface area contributed by atoms with Gasteiger partial charge in [-0.1, -0.05) is 30.3 Å². The van der Waals surface area contributed by atoms with Crippen LogP contribution in [0.5, 0.6) is 23.0 Å². The van der Waals surface area contributed by atoms with E-state index >= 15 is 0 Å². The Morgan fingerprint density at radius 3 is 1.79 bits per heavy atom. The number of hydrogen-bond donors (Lipinski definition) is 1. The zero-order valence-corrected chi connectivity index (χ0v) is 28.7.